The second-order valence-corrected chi connectivity index (χ2v) is 3.04. The molecule has 0 aromatic heterocycles. The minimum atomic E-state index is -4.70. The molecule has 0 aliphatic carbocycles. The number of alkyl halides is 3. The molecule has 1 nitrogen and oxygen atoms in total. The van der Waals surface area contributed by atoms with Crippen LogP contribution in [0.15, 0.2) is 24.3 Å². The number of hydrogen-bond acceptors (Lipinski definition) is 1. The summed E-state index contributed by atoms with van der Waals surface area (Å²) in [6, 6.07) is 3.71. The molecular weight excluding hydrogens is 229 g/mol. The summed E-state index contributed by atoms with van der Waals surface area (Å²) in [6.07, 6.45) is -1.63. The van der Waals surface area contributed by atoms with Crippen LogP contribution in [-0.4, -0.2) is 6.36 Å². The second-order valence-electron chi connectivity index (χ2n) is 2.63. The molecule has 5 heteroatoms. The number of hydrogen-bond donors (Lipinski definition) is 0. The number of ether oxygens (including phenoxy) is 1. The van der Waals surface area contributed by atoms with Crippen LogP contribution in [0.2, 0.25) is 5.02 Å². The van der Waals surface area contributed by atoms with E-state index in [0.29, 0.717) is 5.56 Å². The van der Waals surface area contributed by atoms with Crippen molar-refractivity contribution in [3.8, 4) is 5.75 Å². The van der Waals surface area contributed by atoms with Crippen molar-refractivity contribution in [3.05, 3.63) is 41.8 Å². The topological polar surface area (TPSA) is 9.23 Å². The molecule has 1 rings (SSSR count). The van der Waals surface area contributed by atoms with E-state index < -0.39 is 6.36 Å². The summed E-state index contributed by atoms with van der Waals surface area (Å²) in [7, 11) is 0. The number of benzene rings is 1. The first-order valence-corrected chi connectivity index (χ1v) is 4.31. The van der Waals surface area contributed by atoms with E-state index >= 15 is 0 Å². The molecule has 0 spiro atoms. The highest BCUT2D eigenvalue weighted by Gasteiger charge is 2.31. The first-order valence-electron chi connectivity index (χ1n) is 3.93. The van der Waals surface area contributed by atoms with Gasteiger partial charge in [-0.2, -0.15) is 0 Å². The van der Waals surface area contributed by atoms with Gasteiger partial charge >= 0.3 is 6.36 Å². The van der Waals surface area contributed by atoms with Gasteiger partial charge in [-0.15, -0.1) is 13.2 Å². The third-order valence-corrected chi connectivity index (χ3v) is 1.83. The van der Waals surface area contributed by atoms with E-state index in [-0.39, 0.29) is 10.8 Å². The molecule has 0 fully saturated rings. The largest absolute Gasteiger partial charge is 0.573 e. The first kappa shape index (κ1) is 11.9. The van der Waals surface area contributed by atoms with E-state index in [0.717, 1.165) is 6.07 Å². The van der Waals surface area contributed by atoms with E-state index in [9.17, 15) is 13.2 Å². The Morgan fingerprint density at radius 3 is 2.47 bits per heavy atom. The van der Waals surface area contributed by atoms with E-state index in [1.165, 1.54) is 18.2 Å². The van der Waals surface area contributed by atoms with Crippen molar-refractivity contribution in [2.45, 2.75) is 6.36 Å². The molecule has 0 bridgehead atoms. The molecule has 0 amide bonds. The van der Waals surface area contributed by atoms with Gasteiger partial charge in [0.1, 0.15) is 5.75 Å². The summed E-state index contributed by atoms with van der Waals surface area (Å²) in [5, 5.41) is 0.177. The fourth-order valence-corrected chi connectivity index (χ4v) is 1.20. The van der Waals surface area contributed by atoms with Gasteiger partial charge in [-0.25, -0.2) is 0 Å². The molecule has 0 heterocycles. The summed E-state index contributed by atoms with van der Waals surface area (Å²) in [5.41, 5.74) is 0.584. The van der Waals surface area contributed by atoms with Gasteiger partial charge in [-0.3, -0.25) is 0 Å². The molecule has 0 atom stereocenters. The zero-order valence-electron chi connectivity index (χ0n) is 7.51. The maximum absolute atomic E-state index is 11.8. The van der Waals surface area contributed by atoms with Crippen molar-refractivity contribution < 1.29 is 17.9 Å². The predicted octanol–water partition coefficient (Wildman–Crippen LogP) is 4.09. The average Bonchev–Trinajstić information content (AvgIpc) is 2.07. The van der Waals surface area contributed by atoms with E-state index in [4.69, 9.17) is 11.6 Å². The van der Waals surface area contributed by atoms with Crippen LogP contribution < -0.4 is 4.74 Å². The SMILES string of the molecule is [CH2]C=Cc1ccc(OC(F)(F)F)cc1Cl. The van der Waals surface area contributed by atoms with Crippen molar-refractivity contribution >= 4 is 17.7 Å². The Hall–Kier alpha value is -1.16. The van der Waals surface area contributed by atoms with Crippen molar-refractivity contribution in [2.24, 2.45) is 0 Å². The van der Waals surface area contributed by atoms with Gasteiger partial charge in [0.05, 0.1) is 5.02 Å². The number of allylic oxidation sites excluding steroid dienone is 1. The van der Waals surface area contributed by atoms with Gasteiger partial charge in [0.15, 0.2) is 0 Å². The fourth-order valence-electron chi connectivity index (χ4n) is 0.967. The molecule has 15 heavy (non-hydrogen) atoms. The van der Waals surface area contributed by atoms with Crippen LogP contribution in [0, 0.1) is 6.92 Å². The van der Waals surface area contributed by atoms with Gasteiger partial charge in [0, 0.05) is 0 Å². The summed E-state index contributed by atoms with van der Waals surface area (Å²) in [4.78, 5) is 0. The zero-order chi connectivity index (χ0) is 11.5. The van der Waals surface area contributed by atoms with Crippen molar-refractivity contribution in [1.29, 1.82) is 0 Å². The second kappa shape index (κ2) is 4.57. The molecule has 0 N–H and O–H groups in total. The fraction of sp³-hybridized carbons (Fsp3) is 0.100. The van der Waals surface area contributed by atoms with Crippen molar-refractivity contribution in [1.82, 2.24) is 0 Å². The van der Waals surface area contributed by atoms with E-state index in [2.05, 4.69) is 11.7 Å². The standard InChI is InChI=1S/C10H7ClF3O/c1-2-3-7-4-5-8(6-9(7)11)15-10(12,13)14/h2-6H,1H2. The Morgan fingerprint density at radius 2 is 2.00 bits per heavy atom. The molecule has 1 aromatic rings. The van der Waals surface area contributed by atoms with Crippen LogP contribution in [0.25, 0.3) is 6.08 Å². The summed E-state index contributed by atoms with van der Waals surface area (Å²) >= 11 is 5.71. The Morgan fingerprint density at radius 1 is 1.33 bits per heavy atom. The smallest absolute Gasteiger partial charge is 0.406 e. The van der Waals surface area contributed by atoms with Crippen LogP contribution in [0.3, 0.4) is 0 Å². The molecule has 1 radical (unpaired) electrons. The van der Waals surface area contributed by atoms with E-state index in [1.54, 1.807) is 6.08 Å². The van der Waals surface area contributed by atoms with E-state index in [1.807, 2.05) is 0 Å². The summed E-state index contributed by atoms with van der Waals surface area (Å²) in [5.74, 6) is -0.339. The third kappa shape index (κ3) is 3.83. The molecule has 0 unspecified atom stereocenters. The monoisotopic (exact) mass is 235 g/mol. The Balaban J connectivity index is 2.92. The minimum absolute atomic E-state index is 0.177. The lowest BCUT2D eigenvalue weighted by Crippen LogP contribution is -2.17. The highest BCUT2D eigenvalue weighted by molar-refractivity contribution is 6.32. The first-order chi connectivity index (χ1) is 6.92. The van der Waals surface area contributed by atoms with Crippen LogP contribution in [-0.2, 0) is 0 Å². The maximum atomic E-state index is 11.8. The predicted molar refractivity (Wildman–Crippen MR) is 52.5 cm³/mol. The third-order valence-electron chi connectivity index (χ3n) is 1.50. The molecule has 0 saturated heterocycles. The van der Waals surface area contributed by atoms with Gasteiger partial charge in [-0.1, -0.05) is 23.8 Å². The summed E-state index contributed by atoms with van der Waals surface area (Å²) in [6.45, 7) is 3.45. The van der Waals surface area contributed by atoms with Gasteiger partial charge in [0.2, 0.25) is 0 Å². The van der Waals surface area contributed by atoms with Crippen LogP contribution in [0.1, 0.15) is 5.56 Å². The van der Waals surface area contributed by atoms with Gasteiger partial charge in [0.25, 0.3) is 0 Å². The van der Waals surface area contributed by atoms with Crippen molar-refractivity contribution in [2.75, 3.05) is 0 Å². The highest BCUT2D eigenvalue weighted by Crippen LogP contribution is 2.27. The Labute approximate surface area is 90.1 Å². The number of rotatable bonds is 2. The molecule has 1 aromatic carbocycles. The normalized spacial score (nSPS) is 12.1. The maximum Gasteiger partial charge on any atom is 0.573 e. The van der Waals surface area contributed by atoms with Gasteiger partial charge < -0.3 is 4.74 Å². The van der Waals surface area contributed by atoms with Crippen molar-refractivity contribution in [3.63, 3.8) is 0 Å². The lowest BCUT2D eigenvalue weighted by Gasteiger charge is -2.09. The summed E-state index contributed by atoms with van der Waals surface area (Å²) < 4.78 is 39.2. The molecule has 0 aliphatic heterocycles. The number of halogens is 4. The molecule has 0 saturated carbocycles. The van der Waals surface area contributed by atoms with Crippen LogP contribution >= 0.6 is 11.6 Å². The zero-order valence-corrected chi connectivity index (χ0v) is 8.27. The quantitative estimate of drug-likeness (QED) is 0.750. The minimum Gasteiger partial charge on any atom is -0.406 e. The molecule has 81 valence electrons. The molecular formula is C10H7ClF3O. The Kier molecular flexibility index (Phi) is 3.63. The average molecular weight is 236 g/mol. The highest BCUT2D eigenvalue weighted by atomic mass is 35.5. The van der Waals surface area contributed by atoms with Gasteiger partial charge in [-0.05, 0) is 30.7 Å². The molecule has 0 aliphatic rings. The lowest BCUT2D eigenvalue weighted by molar-refractivity contribution is -0.274. The Bertz CT molecular complexity index is 371. The van der Waals surface area contributed by atoms with Crippen LogP contribution in [0.5, 0.6) is 5.75 Å². The lowest BCUT2D eigenvalue weighted by atomic mass is 10.2. The van der Waals surface area contributed by atoms with Crippen LogP contribution in [0.4, 0.5) is 13.2 Å².